The molecule has 0 amide bonds. The molecule has 0 aliphatic heterocycles. The molecule has 1 nitrogen and oxygen atoms in total. The van der Waals surface area contributed by atoms with Gasteiger partial charge in [-0.05, 0) is 74.2 Å². The fraction of sp³-hybridized carbons (Fsp3) is 0.741. The number of Topliss-reactive ketones (excluding diaryl/α,β-unsaturated/α-hetero) is 1. The van der Waals surface area contributed by atoms with Crippen LogP contribution in [0.5, 0.6) is 0 Å². The number of carbonyl (C=O) groups is 1. The van der Waals surface area contributed by atoms with E-state index in [9.17, 15) is 13.6 Å². The van der Waals surface area contributed by atoms with Gasteiger partial charge in [0, 0.05) is 12.0 Å². The highest BCUT2D eigenvalue weighted by molar-refractivity contribution is 6.01. The van der Waals surface area contributed by atoms with Crippen molar-refractivity contribution in [3.63, 3.8) is 0 Å². The quantitative estimate of drug-likeness (QED) is 0.367. The summed E-state index contributed by atoms with van der Waals surface area (Å²) in [7, 11) is 0. The molecular weight excluding hydrogens is 378 g/mol. The number of hydrogen-bond donors (Lipinski definition) is 0. The normalized spacial score (nSPS) is 27.7. The summed E-state index contributed by atoms with van der Waals surface area (Å²) < 4.78 is 27.8. The van der Waals surface area contributed by atoms with E-state index >= 15 is 0 Å². The van der Waals surface area contributed by atoms with Gasteiger partial charge in [-0.1, -0.05) is 70.2 Å². The van der Waals surface area contributed by atoms with Crippen LogP contribution in [0.15, 0.2) is 24.3 Å². The fourth-order valence-electron chi connectivity index (χ4n) is 5.91. The third-order valence-electron chi connectivity index (χ3n) is 7.84. The van der Waals surface area contributed by atoms with Crippen LogP contribution in [-0.4, -0.2) is 11.7 Å². The number of halogens is 2. The van der Waals surface area contributed by atoms with Gasteiger partial charge in [0.15, 0.2) is 0 Å². The average molecular weight is 419 g/mol. The third kappa shape index (κ3) is 5.92. The van der Waals surface area contributed by atoms with Gasteiger partial charge in [0.1, 0.15) is 0 Å². The largest absolute Gasteiger partial charge is 0.309 e. The van der Waals surface area contributed by atoms with E-state index in [0.717, 1.165) is 17.8 Å². The Morgan fingerprint density at radius 2 is 1.43 bits per heavy atom. The fourth-order valence-corrected chi connectivity index (χ4v) is 5.91. The first-order chi connectivity index (χ1) is 14.4. The van der Waals surface area contributed by atoms with Gasteiger partial charge in [-0.15, -0.1) is 0 Å². The first kappa shape index (κ1) is 23.4. The third-order valence-corrected chi connectivity index (χ3v) is 7.84. The highest BCUT2D eigenvalue weighted by Crippen LogP contribution is 2.44. The molecule has 0 radical (unpaired) electrons. The van der Waals surface area contributed by atoms with Crippen molar-refractivity contribution in [2.75, 3.05) is 0 Å². The monoisotopic (exact) mass is 418 g/mol. The lowest BCUT2D eigenvalue weighted by Crippen LogP contribution is -2.28. The molecule has 1 aromatic rings. The molecule has 3 heteroatoms. The molecule has 2 saturated carbocycles. The van der Waals surface area contributed by atoms with Crippen molar-refractivity contribution in [3.05, 3.63) is 35.4 Å². The van der Waals surface area contributed by atoms with Gasteiger partial charge >= 0.3 is 5.92 Å². The van der Waals surface area contributed by atoms with E-state index in [1.54, 1.807) is 19.1 Å². The number of hydrogen-bond acceptors (Lipinski definition) is 1. The first-order valence-electron chi connectivity index (χ1n) is 12.5. The molecule has 0 saturated heterocycles. The number of carbonyl (C=O) groups excluding carboxylic acids is 1. The molecule has 1 aromatic carbocycles. The Bertz CT molecular complexity index is 650. The highest BCUT2D eigenvalue weighted by atomic mass is 19.3. The van der Waals surface area contributed by atoms with Crippen LogP contribution in [0.3, 0.4) is 0 Å². The maximum absolute atomic E-state index is 13.9. The van der Waals surface area contributed by atoms with E-state index in [1.807, 2.05) is 12.1 Å². The van der Waals surface area contributed by atoms with Gasteiger partial charge < -0.3 is 0 Å². The molecule has 0 heterocycles. The summed E-state index contributed by atoms with van der Waals surface area (Å²) in [4.78, 5) is 12.1. The molecule has 2 aliphatic carbocycles. The zero-order valence-corrected chi connectivity index (χ0v) is 19.0. The van der Waals surface area contributed by atoms with Crippen molar-refractivity contribution in [2.45, 2.75) is 109 Å². The number of ketones is 1. The van der Waals surface area contributed by atoms with Gasteiger partial charge in [-0.25, -0.2) is 0 Å². The summed E-state index contributed by atoms with van der Waals surface area (Å²) >= 11 is 0. The average Bonchev–Trinajstić information content (AvgIpc) is 2.78. The van der Waals surface area contributed by atoms with Gasteiger partial charge in [0.05, 0.1) is 0 Å². The molecule has 30 heavy (non-hydrogen) atoms. The maximum atomic E-state index is 13.9. The lowest BCUT2D eigenvalue weighted by molar-refractivity contribution is 0.00453. The Labute approximate surface area is 182 Å². The molecular formula is C27H40F2O. The van der Waals surface area contributed by atoms with Crippen LogP contribution in [-0.2, 0) is 0 Å². The van der Waals surface area contributed by atoms with E-state index < -0.39 is 11.7 Å². The highest BCUT2D eigenvalue weighted by Gasteiger charge is 2.38. The second-order valence-corrected chi connectivity index (χ2v) is 9.94. The molecule has 0 spiro atoms. The van der Waals surface area contributed by atoms with Crippen molar-refractivity contribution >= 4 is 5.78 Å². The molecule has 2 aliphatic rings. The summed E-state index contributed by atoms with van der Waals surface area (Å²) in [6.07, 6.45) is 14.8. The Kier molecular flexibility index (Phi) is 8.48. The Morgan fingerprint density at radius 3 is 1.97 bits per heavy atom. The molecule has 168 valence electrons. The summed E-state index contributed by atoms with van der Waals surface area (Å²) in [5.41, 5.74) is 1.36. The van der Waals surface area contributed by atoms with Crippen LogP contribution < -0.4 is 0 Å². The minimum absolute atomic E-state index is 0.144. The smallest absolute Gasteiger partial charge is 0.287 e. The van der Waals surface area contributed by atoms with Crippen molar-refractivity contribution in [1.82, 2.24) is 0 Å². The Hall–Kier alpha value is -1.25. The summed E-state index contributed by atoms with van der Waals surface area (Å²) in [5, 5.41) is 0. The first-order valence-corrected chi connectivity index (χ1v) is 12.5. The standard InChI is InChI=1S/C27H40F2O/c1-3-5-6-20-7-9-21(10-8-20)22-11-13-23(14-12-22)24-15-17-25(18-16-24)26(30)27(28,29)19-4-2/h15-18,20-23H,3-14,19H2,1-2H3/t20-,21-,22?,23?. The zero-order chi connectivity index (χ0) is 21.6. The van der Waals surface area contributed by atoms with Gasteiger partial charge in [-0.3, -0.25) is 4.79 Å². The second-order valence-electron chi connectivity index (χ2n) is 9.94. The second kappa shape index (κ2) is 10.9. The predicted octanol–water partition coefficient (Wildman–Crippen LogP) is 8.58. The summed E-state index contributed by atoms with van der Waals surface area (Å²) in [5.74, 6) is -0.990. The van der Waals surface area contributed by atoms with Gasteiger partial charge in [0.2, 0.25) is 5.78 Å². The van der Waals surface area contributed by atoms with Crippen molar-refractivity contribution < 1.29 is 13.6 Å². The number of benzene rings is 1. The van der Waals surface area contributed by atoms with E-state index in [0.29, 0.717) is 12.3 Å². The minimum atomic E-state index is -3.25. The number of unbranched alkanes of at least 4 members (excludes halogenated alkanes) is 1. The molecule has 0 N–H and O–H groups in total. The maximum Gasteiger partial charge on any atom is 0.309 e. The van der Waals surface area contributed by atoms with Crippen LogP contribution in [0, 0.1) is 17.8 Å². The lowest BCUT2D eigenvalue weighted by atomic mass is 9.68. The van der Waals surface area contributed by atoms with Crippen molar-refractivity contribution in [1.29, 1.82) is 0 Å². The van der Waals surface area contributed by atoms with Crippen molar-refractivity contribution in [3.8, 4) is 0 Å². The van der Waals surface area contributed by atoms with E-state index in [-0.39, 0.29) is 12.0 Å². The minimum Gasteiger partial charge on any atom is -0.287 e. The lowest BCUT2D eigenvalue weighted by Gasteiger charge is -2.38. The van der Waals surface area contributed by atoms with Crippen LogP contribution in [0.1, 0.15) is 119 Å². The van der Waals surface area contributed by atoms with E-state index in [2.05, 4.69) is 6.92 Å². The summed E-state index contributed by atoms with van der Waals surface area (Å²) in [6.45, 7) is 3.97. The molecule has 0 atom stereocenters. The number of alkyl halides is 2. The molecule has 3 rings (SSSR count). The Balaban J connectivity index is 1.48. The van der Waals surface area contributed by atoms with Crippen LogP contribution in [0.2, 0.25) is 0 Å². The number of rotatable bonds is 9. The zero-order valence-electron chi connectivity index (χ0n) is 19.0. The molecule has 0 unspecified atom stereocenters. The van der Waals surface area contributed by atoms with Crippen LogP contribution in [0.25, 0.3) is 0 Å². The van der Waals surface area contributed by atoms with Crippen LogP contribution in [0.4, 0.5) is 8.78 Å². The van der Waals surface area contributed by atoms with E-state index in [1.165, 1.54) is 76.2 Å². The van der Waals surface area contributed by atoms with Gasteiger partial charge in [-0.2, -0.15) is 8.78 Å². The SMILES string of the molecule is CCCC[C@H]1CC[C@H](C2CCC(c3ccc(C(=O)C(F)(F)CCC)cc3)CC2)CC1. The van der Waals surface area contributed by atoms with Crippen molar-refractivity contribution in [2.24, 2.45) is 17.8 Å². The van der Waals surface area contributed by atoms with Crippen LogP contribution >= 0.6 is 0 Å². The predicted molar refractivity (Wildman–Crippen MR) is 120 cm³/mol. The van der Waals surface area contributed by atoms with Gasteiger partial charge in [0.25, 0.3) is 0 Å². The molecule has 0 bridgehead atoms. The Morgan fingerprint density at radius 1 is 0.867 bits per heavy atom. The molecule has 0 aromatic heterocycles. The topological polar surface area (TPSA) is 17.1 Å². The summed E-state index contributed by atoms with van der Waals surface area (Å²) in [6, 6.07) is 7.06. The van der Waals surface area contributed by atoms with E-state index in [4.69, 9.17) is 0 Å². The molecule has 2 fully saturated rings.